The molecule has 1 aliphatic rings. The molecule has 5 aromatic rings. The molecule has 0 spiro atoms. The number of nitrogens with zero attached hydrogens (tertiary/aromatic N) is 4. The van der Waals surface area contributed by atoms with Crippen molar-refractivity contribution in [2.24, 2.45) is 0 Å². The third-order valence-corrected chi connectivity index (χ3v) is 16.0. The zero-order valence-corrected chi connectivity index (χ0v) is 47.4. The minimum absolute atomic E-state index is 0.128. The molecule has 1 fully saturated rings. The number of halogens is 17. The van der Waals surface area contributed by atoms with Crippen molar-refractivity contribution < 1.29 is 107 Å². The van der Waals surface area contributed by atoms with Gasteiger partial charge in [0.2, 0.25) is 0 Å². The number of ether oxygens (including phenoxy) is 4. The molecule has 1 unspecified atom stereocenters. The molecule has 1 aliphatic heterocycles. The molecule has 0 saturated carbocycles. The van der Waals surface area contributed by atoms with E-state index < -0.39 is 129 Å². The van der Waals surface area contributed by atoms with Crippen LogP contribution in [0.2, 0.25) is 0 Å². The maximum atomic E-state index is 15.7. The van der Waals surface area contributed by atoms with Gasteiger partial charge in [-0.15, -0.1) is 0 Å². The first-order valence-electron chi connectivity index (χ1n) is 26.0. The smallest absolute Gasteiger partial charge is 0.460 e. The first-order chi connectivity index (χ1) is 40.4. The summed E-state index contributed by atoms with van der Waals surface area (Å²) in [4.78, 5) is 31.4. The molecule has 476 valence electrons. The number of hydrogen-bond acceptors (Lipinski definition) is 11. The van der Waals surface area contributed by atoms with Gasteiger partial charge in [-0.3, -0.25) is 9.36 Å². The van der Waals surface area contributed by atoms with Gasteiger partial charge in [-0.1, -0.05) is 72.8 Å². The van der Waals surface area contributed by atoms with Gasteiger partial charge in [-0.05, 0) is 87.2 Å². The van der Waals surface area contributed by atoms with Gasteiger partial charge in [-0.25, -0.2) is 9.46 Å². The topological polar surface area (TPSA) is 146 Å². The van der Waals surface area contributed by atoms with E-state index in [4.69, 9.17) is 28.0 Å². The molecule has 4 atom stereocenters. The van der Waals surface area contributed by atoms with Gasteiger partial charge in [-0.2, -0.15) is 84.9 Å². The molecule has 4 aromatic carbocycles. The second-order valence-corrected chi connectivity index (χ2v) is 21.6. The molecule has 13 nitrogen and oxygen atoms in total. The molecule has 2 heterocycles. The van der Waals surface area contributed by atoms with Crippen LogP contribution in [0, 0.1) is 11.3 Å². The quantitative estimate of drug-likeness (QED) is 0.0221. The van der Waals surface area contributed by atoms with Crippen LogP contribution in [0.5, 0.6) is 11.5 Å². The molecule has 0 bridgehead atoms. The third-order valence-electron chi connectivity index (χ3n) is 13.8. The highest BCUT2D eigenvalue weighted by molar-refractivity contribution is 7.44. The number of amides is 1. The van der Waals surface area contributed by atoms with Crippen LogP contribution >= 0.6 is 8.53 Å². The number of rotatable bonds is 28. The monoisotopic (exact) mass is 1280 g/mol. The molecule has 1 aromatic heterocycles. The van der Waals surface area contributed by atoms with Crippen LogP contribution in [0.4, 0.5) is 80.5 Å². The first-order valence-corrected chi connectivity index (χ1v) is 27.1. The van der Waals surface area contributed by atoms with Crippen molar-refractivity contribution in [3.63, 3.8) is 0 Å². The second-order valence-electron chi connectivity index (χ2n) is 20.1. The average molecular weight is 1280 g/mol. The van der Waals surface area contributed by atoms with E-state index >= 15 is 26.3 Å². The second kappa shape index (κ2) is 26.6. The van der Waals surface area contributed by atoms with Crippen LogP contribution in [0.1, 0.15) is 85.8 Å². The standard InChI is InChI=1S/C56H55F17N5O8P/c1-33(2)78(34(3)4)87(84-29-13-28-74)86-42-30-44(85-43(42)32-83-49(37-16-11-8-12-17-37,38-18-22-40(81-5)23-19-38)39-20-24-41(82-6)25-21-39)77-31-36(45(76-47(77)80)75-46(79)35-14-9-7-10-15-35)26-27-48(57,58)50(59,60)51(61,62)52(63,64)53(65,66)54(67,68)55(69,70)56(71,72)73/h7-12,14-25,31,33-34,42-44H,13,26-27,29-30,32H2,1-6H3,(H,75,76,79,80)/t42-,43+,44+,87?/m0/s1. The zero-order chi connectivity index (χ0) is 64.9. The summed E-state index contributed by atoms with van der Waals surface area (Å²) in [7, 11) is 0.657. The Balaban J connectivity index is 1.48. The SMILES string of the molecule is COc1ccc(C(OC[C@H]2O[C@@H](n3cc(CCC(F)(F)C(F)(F)C(F)(F)C(F)(F)C(F)(F)C(F)(F)C(F)(F)C(F)(F)F)c(NC(=O)c4ccccc4)nc3=O)C[C@@H]2OP(OCCC#N)N(C(C)C)C(C)C)(c2ccccc2)c2ccc(OC)cc2)cc1. The number of nitrogens with one attached hydrogen (secondary N) is 1. The number of carbonyl (C=O) groups excluding carboxylic acids is 1. The number of nitriles is 1. The number of aromatic nitrogens is 2. The Morgan fingerprint density at radius 2 is 1.17 bits per heavy atom. The molecule has 1 amide bonds. The third kappa shape index (κ3) is 13.5. The lowest BCUT2D eigenvalue weighted by molar-refractivity contribution is -0.461. The molecular formula is C56H55F17N5O8P. The molecule has 6 rings (SSSR count). The van der Waals surface area contributed by atoms with E-state index in [9.17, 15) is 63.1 Å². The molecule has 31 heteroatoms. The van der Waals surface area contributed by atoms with Gasteiger partial charge in [0.05, 0.1) is 46.0 Å². The van der Waals surface area contributed by atoms with Gasteiger partial charge < -0.3 is 33.3 Å². The lowest BCUT2D eigenvalue weighted by atomic mass is 9.80. The number of alkyl halides is 17. The highest BCUT2D eigenvalue weighted by atomic mass is 31.2. The van der Waals surface area contributed by atoms with Gasteiger partial charge >= 0.3 is 53.3 Å². The number of anilines is 1. The van der Waals surface area contributed by atoms with Crippen molar-refractivity contribution in [3.8, 4) is 17.6 Å². The van der Waals surface area contributed by atoms with Crippen molar-refractivity contribution in [1.82, 2.24) is 14.2 Å². The van der Waals surface area contributed by atoms with Crippen LogP contribution in [0.3, 0.4) is 0 Å². The number of aryl methyl sites for hydroxylation is 1. The summed E-state index contributed by atoms with van der Waals surface area (Å²) in [6.45, 7) is 6.49. The minimum atomic E-state index is -8.84. The maximum Gasteiger partial charge on any atom is 0.460 e. The number of hydrogen-bond donors (Lipinski definition) is 1. The Morgan fingerprint density at radius 1 is 0.701 bits per heavy atom. The largest absolute Gasteiger partial charge is 0.497 e. The normalized spacial score (nSPS) is 17.2. The summed E-state index contributed by atoms with van der Waals surface area (Å²) in [5.41, 5.74) is -2.81. The van der Waals surface area contributed by atoms with Crippen LogP contribution in [-0.2, 0) is 30.5 Å². The van der Waals surface area contributed by atoms with E-state index in [0.29, 0.717) is 39.0 Å². The number of benzene rings is 4. The van der Waals surface area contributed by atoms with E-state index in [1.165, 1.54) is 32.4 Å². The molecule has 0 radical (unpaired) electrons. The summed E-state index contributed by atoms with van der Waals surface area (Å²) >= 11 is 0. The van der Waals surface area contributed by atoms with Crippen molar-refractivity contribution in [3.05, 3.63) is 154 Å². The summed E-state index contributed by atoms with van der Waals surface area (Å²) in [6.07, 6.45) is -17.3. The highest BCUT2D eigenvalue weighted by Crippen LogP contribution is 2.64. The van der Waals surface area contributed by atoms with Crippen molar-refractivity contribution in [2.75, 3.05) is 32.8 Å². The van der Waals surface area contributed by atoms with Crippen LogP contribution in [0.15, 0.2) is 120 Å². The lowest BCUT2D eigenvalue weighted by Crippen LogP contribution is -2.74. The van der Waals surface area contributed by atoms with Crippen LogP contribution in [-0.4, -0.2) is 119 Å². The summed E-state index contributed by atoms with van der Waals surface area (Å²) in [5, 5.41) is 11.5. The van der Waals surface area contributed by atoms with Gasteiger partial charge in [0.15, 0.2) is 0 Å². The average Bonchev–Trinajstić information content (AvgIpc) is 1.03. The molecule has 0 aliphatic carbocycles. The summed E-state index contributed by atoms with van der Waals surface area (Å²) in [5.74, 6) is -59.6. The highest BCUT2D eigenvalue weighted by Gasteiger charge is 2.95. The molecular weight excluding hydrogens is 1220 g/mol. The number of methoxy groups -OCH3 is 2. The Hall–Kier alpha value is -6.64. The lowest BCUT2D eigenvalue weighted by Gasteiger charge is -2.42. The maximum absolute atomic E-state index is 15.7. The van der Waals surface area contributed by atoms with Crippen molar-refractivity contribution in [1.29, 1.82) is 5.26 Å². The fraction of sp³-hybridized carbons (Fsp3) is 0.464. The minimum Gasteiger partial charge on any atom is -0.497 e. The van der Waals surface area contributed by atoms with E-state index in [-0.39, 0.29) is 30.7 Å². The fourth-order valence-electron chi connectivity index (χ4n) is 9.24. The van der Waals surface area contributed by atoms with E-state index in [0.717, 1.165) is 12.1 Å². The van der Waals surface area contributed by atoms with Crippen LogP contribution < -0.4 is 20.5 Å². The Bertz CT molecular complexity index is 3160. The van der Waals surface area contributed by atoms with E-state index in [2.05, 4.69) is 4.98 Å². The van der Waals surface area contributed by atoms with Crippen molar-refractivity contribution >= 4 is 20.3 Å². The molecule has 1 saturated heterocycles. The zero-order valence-electron chi connectivity index (χ0n) is 46.5. The van der Waals surface area contributed by atoms with Gasteiger partial charge in [0.25, 0.3) is 14.4 Å². The summed E-state index contributed by atoms with van der Waals surface area (Å²) < 4.78 is 284. The van der Waals surface area contributed by atoms with Gasteiger partial charge in [0.1, 0.15) is 35.2 Å². The number of carbonyl (C=O) groups is 1. The Morgan fingerprint density at radius 3 is 1.64 bits per heavy atom. The fourth-order valence-corrected chi connectivity index (χ4v) is 11.0. The molecule has 87 heavy (non-hydrogen) atoms. The van der Waals surface area contributed by atoms with Gasteiger partial charge in [0, 0.05) is 42.2 Å². The Kier molecular flexibility index (Phi) is 21.2. The van der Waals surface area contributed by atoms with Crippen molar-refractivity contribution in [2.45, 2.75) is 137 Å². The van der Waals surface area contributed by atoms with Crippen LogP contribution in [0.25, 0.3) is 0 Å². The van der Waals surface area contributed by atoms with E-state index in [1.54, 1.807) is 111 Å². The predicted octanol–water partition coefficient (Wildman–Crippen LogP) is 14.4. The first kappa shape index (κ1) is 69.5. The Labute approximate surface area is 487 Å². The van der Waals surface area contributed by atoms with E-state index in [1.807, 2.05) is 11.4 Å². The predicted molar refractivity (Wildman–Crippen MR) is 279 cm³/mol. The summed E-state index contributed by atoms with van der Waals surface area (Å²) in [6, 6.07) is 29.7. The molecule has 1 N–H and O–H groups in total.